The minimum absolute atomic E-state index is 0.402. The van der Waals surface area contributed by atoms with Crippen molar-refractivity contribution in [2.45, 2.75) is 33.7 Å². The summed E-state index contributed by atoms with van der Waals surface area (Å²) in [4.78, 5) is 8.81. The largest absolute Gasteiger partial charge is 0.370 e. The molecule has 110 valence electrons. The molecule has 0 saturated heterocycles. The van der Waals surface area contributed by atoms with Gasteiger partial charge in [0.05, 0.1) is 12.2 Å². The number of nitrogens with two attached hydrogens (primary N) is 1. The average Bonchev–Trinajstić information content (AvgIpc) is 2.49. The Morgan fingerprint density at radius 2 is 1.86 bits per heavy atom. The van der Waals surface area contributed by atoms with Gasteiger partial charge in [0.25, 0.3) is 0 Å². The van der Waals surface area contributed by atoms with E-state index in [-0.39, 0.29) is 0 Å². The highest BCUT2D eigenvalue weighted by molar-refractivity contribution is 5.92. The van der Waals surface area contributed by atoms with E-state index in [1.807, 2.05) is 32.0 Å². The fraction of sp³-hybridized carbons (Fsp3) is 0.294. The van der Waals surface area contributed by atoms with Crippen molar-refractivity contribution in [3.05, 3.63) is 58.9 Å². The summed E-state index contributed by atoms with van der Waals surface area (Å²) in [5.41, 5.74) is 11.3. The van der Waals surface area contributed by atoms with E-state index in [2.05, 4.69) is 40.4 Å². The Hall–Kier alpha value is -2.36. The first-order valence-electron chi connectivity index (χ1n) is 7.17. The van der Waals surface area contributed by atoms with E-state index in [1.54, 1.807) is 0 Å². The van der Waals surface area contributed by atoms with E-state index in [9.17, 15) is 0 Å². The summed E-state index contributed by atoms with van der Waals surface area (Å²) in [6.07, 6.45) is 1.03. The predicted molar refractivity (Wildman–Crippen MR) is 88.5 cm³/mol. The van der Waals surface area contributed by atoms with Crippen LogP contribution in [0.15, 0.2) is 41.4 Å². The smallest absolute Gasteiger partial charge is 0.193 e. The summed E-state index contributed by atoms with van der Waals surface area (Å²) < 4.78 is 0. The summed E-state index contributed by atoms with van der Waals surface area (Å²) in [7, 11) is 0. The number of nitrogens with one attached hydrogen (secondary N) is 1. The Labute approximate surface area is 126 Å². The number of anilines is 1. The quantitative estimate of drug-likeness (QED) is 0.668. The van der Waals surface area contributed by atoms with Gasteiger partial charge >= 0.3 is 0 Å². The molecule has 4 nitrogen and oxygen atoms in total. The van der Waals surface area contributed by atoms with Crippen molar-refractivity contribution in [3.63, 3.8) is 0 Å². The maximum absolute atomic E-state index is 5.90. The molecule has 2 rings (SSSR count). The highest BCUT2D eigenvalue weighted by Crippen LogP contribution is 2.10. The van der Waals surface area contributed by atoms with Crippen molar-refractivity contribution in [3.8, 4) is 0 Å². The van der Waals surface area contributed by atoms with Gasteiger partial charge in [0.2, 0.25) is 0 Å². The van der Waals surface area contributed by atoms with E-state index >= 15 is 0 Å². The molecule has 0 amide bonds. The lowest BCUT2D eigenvalue weighted by atomic mass is 10.1. The Bertz CT molecular complexity index is 630. The van der Waals surface area contributed by atoms with Crippen LogP contribution >= 0.6 is 0 Å². The first-order valence-corrected chi connectivity index (χ1v) is 7.17. The molecule has 4 heteroatoms. The SMILES string of the molecule is CCc1ccc(NC(N)=NCc2ccc(C)c(C)n2)cc1. The first kappa shape index (κ1) is 15.0. The minimum atomic E-state index is 0.402. The summed E-state index contributed by atoms with van der Waals surface area (Å²) in [6.45, 7) is 6.66. The molecule has 0 spiro atoms. The van der Waals surface area contributed by atoms with Gasteiger partial charge in [-0.2, -0.15) is 0 Å². The first-order chi connectivity index (χ1) is 10.1. The average molecular weight is 282 g/mol. The number of benzene rings is 1. The molecular weight excluding hydrogens is 260 g/mol. The fourth-order valence-electron chi connectivity index (χ4n) is 1.95. The van der Waals surface area contributed by atoms with Crippen LogP contribution < -0.4 is 11.1 Å². The van der Waals surface area contributed by atoms with Gasteiger partial charge in [-0.05, 0) is 49.6 Å². The molecule has 0 aliphatic carbocycles. The minimum Gasteiger partial charge on any atom is -0.370 e. The van der Waals surface area contributed by atoms with Crippen LogP contribution in [0, 0.1) is 13.8 Å². The number of aliphatic imine (C=N–C) groups is 1. The van der Waals surface area contributed by atoms with Gasteiger partial charge < -0.3 is 11.1 Å². The highest BCUT2D eigenvalue weighted by atomic mass is 15.1. The summed E-state index contributed by atoms with van der Waals surface area (Å²) in [6, 6.07) is 12.2. The van der Waals surface area contributed by atoms with Gasteiger partial charge in [-0.25, -0.2) is 4.99 Å². The second kappa shape index (κ2) is 6.88. The second-order valence-corrected chi connectivity index (χ2v) is 5.08. The van der Waals surface area contributed by atoms with Crippen LogP contribution in [-0.4, -0.2) is 10.9 Å². The fourth-order valence-corrected chi connectivity index (χ4v) is 1.95. The summed E-state index contributed by atoms with van der Waals surface area (Å²) >= 11 is 0. The van der Waals surface area contributed by atoms with Crippen LogP contribution in [0.25, 0.3) is 0 Å². The molecule has 1 heterocycles. The molecule has 2 aromatic rings. The Morgan fingerprint density at radius 1 is 1.14 bits per heavy atom. The normalized spacial score (nSPS) is 11.5. The molecule has 0 unspecified atom stereocenters. The molecule has 0 saturated carbocycles. The number of hydrogen-bond acceptors (Lipinski definition) is 2. The molecule has 3 N–H and O–H groups in total. The third-order valence-corrected chi connectivity index (χ3v) is 3.45. The predicted octanol–water partition coefficient (Wildman–Crippen LogP) is 3.19. The lowest BCUT2D eigenvalue weighted by Gasteiger charge is -2.07. The van der Waals surface area contributed by atoms with Crippen molar-refractivity contribution in [1.29, 1.82) is 0 Å². The van der Waals surface area contributed by atoms with Crippen molar-refractivity contribution < 1.29 is 0 Å². The molecule has 0 atom stereocenters. The number of pyridine rings is 1. The van der Waals surface area contributed by atoms with Crippen LogP contribution in [0.3, 0.4) is 0 Å². The Kier molecular flexibility index (Phi) is 4.93. The zero-order chi connectivity index (χ0) is 15.2. The molecule has 0 bridgehead atoms. The molecule has 21 heavy (non-hydrogen) atoms. The third-order valence-electron chi connectivity index (χ3n) is 3.45. The van der Waals surface area contributed by atoms with Crippen LogP contribution in [0.4, 0.5) is 5.69 Å². The second-order valence-electron chi connectivity index (χ2n) is 5.08. The van der Waals surface area contributed by atoms with E-state index < -0.39 is 0 Å². The molecule has 0 aliphatic rings. The number of hydrogen-bond donors (Lipinski definition) is 2. The van der Waals surface area contributed by atoms with Crippen molar-refractivity contribution >= 4 is 11.6 Å². The maximum atomic E-state index is 5.90. The van der Waals surface area contributed by atoms with Crippen LogP contribution in [0.1, 0.15) is 29.4 Å². The molecule has 0 radical (unpaired) electrons. The summed E-state index contributed by atoms with van der Waals surface area (Å²) in [5, 5.41) is 3.09. The zero-order valence-corrected chi connectivity index (χ0v) is 12.9. The van der Waals surface area contributed by atoms with Gasteiger partial charge in [-0.1, -0.05) is 25.1 Å². The number of aryl methyl sites for hydroxylation is 3. The summed E-state index contributed by atoms with van der Waals surface area (Å²) in [5.74, 6) is 0.402. The Balaban J connectivity index is 1.98. The van der Waals surface area contributed by atoms with Crippen LogP contribution in [0.2, 0.25) is 0 Å². The van der Waals surface area contributed by atoms with Crippen molar-refractivity contribution in [2.24, 2.45) is 10.7 Å². The lowest BCUT2D eigenvalue weighted by molar-refractivity contribution is 0.956. The standard InChI is InChI=1S/C17H22N4/c1-4-14-6-9-15(10-7-14)21-17(18)19-11-16-8-5-12(2)13(3)20-16/h5-10H,4,11H2,1-3H3,(H3,18,19,21). The number of aromatic nitrogens is 1. The lowest BCUT2D eigenvalue weighted by Crippen LogP contribution is -2.22. The third kappa shape index (κ3) is 4.31. The molecule has 0 fully saturated rings. The van der Waals surface area contributed by atoms with Crippen molar-refractivity contribution in [2.75, 3.05) is 5.32 Å². The zero-order valence-electron chi connectivity index (χ0n) is 12.9. The highest BCUT2D eigenvalue weighted by Gasteiger charge is 1.99. The van der Waals surface area contributed by atoms with Gasteiger partial charge in [0.15, 0.2) is 5.96 Å². The molecule has 0 aliphatic heterocycles. The molecule has 1 aromatic carbocycles. The maximum Gasteiger partial charge on any atom is 0.193 e. The van der Waals surface area contributed by atoms with Gasteiger partial charge in [0, 0.05) is 11.4 Å². The van der Waals surface area contributed by atoms with E-state index in [4.69, 9.17) is 5.73 Å². The molecular formula is C17H22N4. The monoisotopic (exact) mass is 282 g/mol. The van der Waals surface area contributed by atoms with E-state index in [1.165, 1.54) is 11.1 Å². The van der Waals surface area contributed by atoms with E-state index in [0.29, 0.717) is 12.5 Å². The number of rotatable bonds is 4. The Morgan fingerprint density at radius 3 is 2.48 bits per heavy atom. The van der Waals surface area contributed by atoms with Gasteiger partial charge in [0.1, 0.15) is 0 Å². The van der Waals surface area contributed by atoms with E-state index in [0.717, 1.165) is 23.5 Å². The number of nitrogens with zero attached hydrogens (tertiary/aromatic N) is 2. The van der Waals surface area contributed by atoms with Crippen LogP contribution in [-0.2, 0) is 13.0 Å². The van der Waals surface area contributed by atoms with Crippen molar-refractivity contribution in [1.82, 2.24) is 4.98 Å². The number of guanidine groups is 1. The van der Waals surface area contributed by atoms with Gasteiger partial charge in [-0.3, -0.25) is 4.98 Å². The van der Waals surface area contributed by atoms with Gasteiger partial charge in [-0.15, -0.1) is 0 Å². The molecule has 1 aromatic heterocycles. The van der Waals surface area contributed by atoms with Crippen LogP contribution in [0.5, 0.6) is 0 Å². The topological polar surface area (TPSA) is 63.3 Å².